The average molecular weight is 421 g/mol. The van der Waals surface area contributed by atoms with E-state index in [0.717, 1.165) is 31.0 Å². The fourth-order valence-electron chi connectivity index (χ4n) is 3.21. The zero-order chi connectivity index (χ0) is 19.4. The number of hydrogen-bond acceptors (Lipinski definition) is 5. The Labute approximate surface area is 168 Å². The summed E-state index contributed by atoms with van der Waals surface area (Å²) in [7, 11) is 3.38. The van der Waals surface area contributed by atoms with Crippen LogP contribution in [0.2, 0.25) is 0 Å². The highest BCUT2D eigenvalue weighted by Crippen LogP contribution is 2.31. The molecule has 0 radical (unpaired) electrons. The van der Waals surface area contributed by atoms with Gasteiger partial charge in [0.1, 0.15) is 5.82 Å². The number of halogens is 4. The Morgan fingerprint density at radius 1 is 1.29 bits per heavy atom. The highest BCUT2D eigenvalue weighted by Gasteiger charge is 2.29. The maximum Gasteiger partial charge on any atom is 0.422 e. The van der Waals surface area contributed by atoms with Crippen LogP contribution >= 0.6 is 12.4 Å². The van der Waals surface area contributed by atoms with Crippen molar-refractivity contribution < 1.29 is 22.6 Å². The van der Waals surface area contributed by atoms with Crippen molar-refractivity contribution >= 4 is 12.4 Å². The van der Waals surface area contributed by atoms with E-state index in [0.29, 0.717) is 12.3 Å². The van der Waals surface area contributed by atoms with Crippen molar-refractivity contribution in [2.75, 3.05) is 33.4 Å². The minimum absolute atomic E-state index is 0. The van der Waals surface area contributed by atoms with Gasteiger partial charge in [-0.3, -0.25) is 4.90 Å². The van der Waals surface area contributed by atoms with Gasteiger partial charge in [0.2, 0.25) is 0 Å². The molecule has 0 bridgehead atoms. The summed E-state index contributed by atoms with van der Waals surface area (Å²) in [5.74, 6) is 1.35. The van der Waals surface area contributed by atoms with E-state index in [1.165, 1.54) is 13.2 Å². The van der Waals surface area contributed by atoms with E-state index in [1.54, 1.807) is 18.3 Å². The Morgan fingerprint density at radius 2 is 2.07 bits per heavy atom. The predicted octanol–water partition coefficient (Wildman–Crippen LogP) is 2.94. The number of nitrogens with zero attached hydrogens (tertiary/aromatic N) is 3. The summed E-state index contributed by atoms with van der Waals surface area (Å²) in [5.41, 5.74) is 0.937. The molecule has 1 atom stereocenters. The van der Waals surface area contributed by atoms with E-state index in [9.17, 15) is 13.2 Å². The first-order chi connectivity index (χ1) is 12.9. The van der Waals surface area contributed by atoms with Gasteiger partial charge >= 0.3 is 6.18 Å². The molecule has 1 aromatic heterocycles. The second kappa shape index (κ2) is 9.49. The van der Waals surface area contributed by atoms with Crippen LogP contribution in [-0.4, -0.2) is 54.0 Å². The molecule has 0 aliphatic carbocycles. The van der Waals surface area contributed by atoms with Crippen LogP contribution in [0.4, 0.5) is 13.2 Å². The van der Waals surface area contributed by atoms with E-state index in [4.69, 9.17) is 9.47 Å². The number of piperazine rings is 1. The van der Waals surface area contributed by atoms with Crippen LogP contribution in [0.25, 0.3) is 0 Å². The molecule has 2 heterocycles. The molecule has 1 N–H and O–H groups in total. The van der Waals surface area contributed by atoms with Crippen LogP contribution in [0.1, 0.15) is 17.4 Å². The fourth-order valence-corrected chi connectivity index (χ4v) is 3.21. The van der Waals surface area contributed by atoms with Gasteiger partial charge in [-0.2, -0.15) is 13.2 Å². The zero-order valence-electron chi connectivity index (χ0n) is 15.7. The van der Waals surface area contributed by atoms with Gasteiger partial charge in [-0.1, -0.05) is 6.07 Å². The number of aryl methyl sites for hydroxylation is 1. The Morgan fingerprint density at radius 3 is 2.71 bits per heavy atom. The third-order valence-electron chi connectivity index (χ3n) is 4.52. The van der Waals surface area contributed by atoms with Gasteiger partial charge in [-0.05, 0) is 17.7 Å². The first-order valence-electron chi connectivity index (χ1n) is 8.66. The lowest BCUT2D eigenvalue weighted by Crippen LogP contribution is -2.46. The Bertz CT molecular complexity index is 770. The average Bonchev–Trinajstić information content (AvgIpc) is 3.06. The maximum absolute atomic E-state index is 12.4. The van der Waals surface area contributed by atoms with Gasteiger partial charge in [-0.15, -0.1) is 12.4 Å². The third kappa shape index (κ3) is 5.52. The van der Waals surface area contributed by atoms with Crippen molar-refractivity contribution in [1.82, 2.24) is 19.8 Å². The molecule has 2 aromatic rings. The van der Waals surface area contributed by atoms with Crippen molar-refractivity contribution in [2.24, 2.45) is 7.05 Å². The van der Waals surface area contributed by atoms with E-state index in [-0.39, 0.29) is 24.2 Å². The number of alkyl halides is 3. The van der Waals surface area contributed by atoms with Crippen LogP contribution in [0.3, 0.4) is 0 Å². The summed E-state index contributed by atoms with van der Waals surface area (Å²) in [5, 5.41) is 3.38. The molecule has 156 valence electrons. The van der Waals surface area contributed by atoms with Crippen LogP contribution in [0.15, 0.2) is 30.6 Å². The molecule has 1 unspecified atom stereocenters. The van der Waals surface area contributed by atoms with E-state index < -0.39 is 12.8 Å². The topological polar surface area (TPSA) is 51.5 Å². The van der Waals surface area contributed by atoms with Gasteiger partial charge in [0.25, 0.3) is 0 Å². The molecule has 1 saturated heterocycles. The molecule has 1 aliphatic heterocycles. The fraction of sp³-hybridized carbons (Fsp3) is 0.500. The number of imidazole rings is 1. The van der Waals surface area contributed by atoms with Crippen LogP contribution in [0, 0.1) is 0 Å². The summed E-state index contributed by atoms with van der Waals surface area (Å²) in [4.78, 5) is 6.75. The normalized spacial score (nSPS) is 17.8. The molecule has 0 amide bonds. The van der Waals surface area contributed by atoms with Gasteiger partial charge in [-0.25, -0.2) is 4.98 Å². The molecule has 1 fully saturated rings. The lowest BCUT2D eigenvalue weighted by molar-refractivity contribution is -0.153. The zero-order valence-corrected chi connectivity index (χ0v) is 16.5. The predicted molar refractivity (Wildman–Crippen MR) is 101 cm³/mol. The lowest BCUT2D eigenvalue weighted by Gasteiger charge is -2.35. The van der Waals surface area contributed by atoms with Crippen LogP contribution in [0.5, 0.6) is 11.5 Å². The first kappa shape index (κ1) is 22.3. The standard InChI is InChI=1S/C18H23F3N4O2.ClH/c1-24-7-6-23-17(24)14-10-22-5-8-25(14)11-13-3-4-15(16(9-13)26-2)27-12-18(19,20)21;/h3-4,6-7,9,14,22H,5,8,10-12H2,1-2H3;1H. The number of methoxy groups -OCH3 is 1. The monoisotopic (exact) mass is 420 g/mol. The smallest absolute Gasteiger partial charge is 0.422 e. The van der Waals surface area contributed by atoms with Crippen LogP contribution < -0.4 is 14.8 Å². The van der Waals surface area contributed by atoms with Gasteiger partial charge in [0.05, 0.1) is 13.2 Å². The van der Waals surface area contributed by atoms with Crippen molar-refractivity contribution in [2.45, 2.75) is 18.8 Å². The van der Waals surface area contributed by atoms with Crippen LogP contribution in [-0.2, 0) is 13.6 Å². The molecule has 3 rings (SSSR count). The van der Waals surface area contributed by atoms with Crippen molar-refractivity contribution in [1.29, 1.82) is 0 Å². The lowest BCUT2D eigenvalue weighted by atomic mass is 10.1. The second-order valence-corrected chi connectivity index (χ2v) is 6.48. The summed E-state index contributed by atoms with van der Waals surface area (Å²) in [6, 6.07) is 5.14. The number of benzene rings is 1. The molecule has 1 aliphatic rings. The Balaban J connectivity index is 0.00000280. The number of aromatic nitrogens is 2. The quantitative estimate of drug-likeness (QED) is 0.778. The summed E-state index contributed by atoms with van der Waals surface area (Å²) in [6.07, 6.45) is -0.699. The summed E-state index contributed by atoms with van der Waals surface area (Å²) in [6.45, 7) is 1.78. The van der Waals surface area contributed by atoms with Gasteiger partial charge < -0.3 is 19.4 Å². The van der Waals surface area contributed by atoms with Crippen molar-refractivity contribution in [3.8, 4) is 11.5 Å². The molecule has 10 heteroatoms. The summed E-state index contributed by atoms with van der Waals surface area (Å²) >= 11 is 0. The van der Waals surface area contributed by atoms with E-state index >= 15 is 0 Å². The third-order valence-corrected chi connectivity index (χ3v) is 4.52. The molecular weight excluding hydrogens is 397 g/mol. The van der Waals surface area contributed by atoms with E-state index in [2.05, 4.69) is 15.2 Å². The van der Waals surface area contributed by atoms with Gasteiger partial charge in [0.15, 0.2) is 18.1 Å². The minimum Gasteiger partial charge on any atom is -0.493 e. The van der Waals surface area contributed by atoms with Crippen molar-refractivity contribution in [3.63, 3.8) is 0 Å². The number of ether oxygens (including phenoxy) is 2. The second-order valence-electron chi connectivity index (χ2n) is 6.48. The highest BCUT2D eigenvalue weighted by molar-refractivity contribution is 5.85. The number of nitrogens with one attached hydrogen (secondary N) is 1. The van der Waals surface area contributed by atoms with Crippen molar-refractivity contribution in [3.05, 3.63) is 42.0 Å². The summed E-state index contributed by atoms with van der Waals surface area (Å²) < 4.78 is 49.2. The minimum atomic E-state index is -4.39. The molecule has 0 spiro atoms. The highest BCUT2D eigenvalue weighted by atomic mass is 35.5. The number of rotatable bonds is 6. The molecule has 1 aromatic carbocycles. The van der Waals surface area contributed by atoms with Gasteiger partial charge in [0, 0.05) is 45.6 Å². The molecule has 6 nitrogen and oxygen atoms in total. The molecular formula is C18H24ClF3N4O2. The van der Waals surface area contributed by atoms with E-state index in [1.807, 2.05) is 17.8 Å². The largest absolute Gasteiger partial charge is 0.493 e. The maximum atomic E-state index is 12.4. The Hall–Kier alpha value is -1.97. The SMILES string of the molecule is COc1cc(CN2CCNCC2c2nccn2C)ccc1OCC(F)(F)F.Cl. The molecule has 0 saturated carbocycles. The Kier molecular flexibility index (Phi) is 7.56. The first-order valence-corrected chi connectivity index (χ1v) is 8.66. The number of hydrogen-bond donors (Lipinski definition) is 1. The molecule has 28 heavy (non-hydrogen) atoms.